The van der Waals surface area contributed by atoms with E-state index in [1.54, 1.807) is 0 Å². The largest absolute Gasteiger partial charge is 0.451 e. The Labute approximate surface area is 335 Å². The first-order valence-corrected chi connectivity index (χ1v) is 21.4. The lowest BCUT2D eigenvalue weighted by molar-refractivity contribution is 0.483. The van der Waals surface area contributed by atoms with E-state index in [2.05, 4.69) is 155 Å². The summed E-state index contributed by atoms with van der Waals surface area (Å²) in [6.07, 6.45) is 0. The maximum atomic E-state index is 6.78. The summed E-state index contributed by atoms with van der Waals surface area (Å²) < 4.78 is 40.3. The van der Waals surface area contributed by atoms with Crippen LogP contribution in [-0.4, -0.2) is 0 Å². The fraction of sp³-hybridized carbons (Fsp3) is 0.0800. The van der Waals surface area contributed by atoms with Gasteiger partial charge in [0.1, 0.15) is 22.3 Å². The monoisotopic (exact) mass is 793 g/mol. The van der Waals surface area contributed by atoms with Crippen molar-refractivity contribution in [3.8, 4) is 11.5 Å². The van der Waals surface area contributed by atoms with Gasteiger partial charge < -0.3 is 25.8 Å². The molecule has 0 unspecified atom stereocenters. The van der Waals surface area contributed by atoms with Crippen molar-refractivity contribution < 1.29 is 25.8 Å². The zero-order chi connectivity index (χ0) is 39.1. The number of hydrogen-bond donors (Lipinski definition) is 0. The minimum atomic E-state index is -1.98. The van der Waals surface area contributed by atoms with E-state index >= 15 is 0 Å². The molecule has 0 spiro atoms. The summed E-state index contributed by atoms with van der Waals surface area (Å²) in [5.41, 5.74) is 6.90. The second kappa shape index (κ2) is 13.5. The molecule has 0 amide bonds. The van der Waals surface area contributed by atoms with E-state index in [-0.39, 0.29) is 0 Å². The number of hydrogen-bond acceptors (Lipinski definition) is 6. The fourth-order valence-electron chi connectivity index (χ4n) is 8.44. The van der Waals surface area contributed by atoms with Crippen LogP contribution in [0.1, 0.15) is 22.3 Å². The number of aryl methyl sites for hydroxylation is 4. The number of benzene rings is 9. The molecule has 9 aromatic carbocycles. The highest BCUT2D eigenvalue weighted by Crippen LogP contribution is 2.47. The van der Waals surface area contributed by atoms with Gasteiger partial charge in [0.05, 0.1) is 0 Å². The van der Waals surface area contributed by atoms with Gasteiger partial charge in [-0.05, 0) is 117 Å². The van der Waals surface area contributed by atoms with Crippen LogP contribution >= 0.6 is 16.5 Å². The van der Waals surface area contributed by atoms with E-state index in [1.807, 2.05) is 18.2 Å². The van der Waals surface area contributed by atoms with Gasteiger partial charge in [0.2, 0.25) is 0 Å². The molecule has 2 heterocycles. The molecule has 0 saturated carbocycles. The SMILES string of the molecule is Cc1cc2ccccc2c2c1op(Oc1[c-]c(Op3oc4c(C)cc5ccccc5c4c4c(o3)c(C)cc3ccccc34)ccc1)oc1c(C)cc3ccccc3c12. The zero-order valence-corrected chi connectivity index (χ0v) is 33.9. The molecule has 0 N–H and O–H groups in total. The van der Waals surface area contributed by atoms with Crippen LogP contribution < -0.4 is 9.05 Å². The normalized spacial score (nSPS) is 11.8. The summed E-state index contributed by atoms with van der Waals surface area (Å²) in [4.78, 5) is 0. The Morgan fingerprint density at radius 1 is 0.362 bits per heavy atom. The summed E-state index contributed by atoms with van der Waals surface area (Å²) in [6, 6.07) is 51.1. The molecule has 2 aromatic heterocycles. The molecule has 8 heteroatoms. The van der Waals surface area contributed by atoms with E-state index in [0.29, 0.717) is 11.5 Å². The minimum absolute atomic E-state index is 0.403. The summed E-state index contributed by atoms with van der Waals surface area (Å²) in [5, 5.41) is 12.9. The van der Waals surface area contributed by atoms with Crippen molar-refractivity contribution >= 4 is 103 Å². The molecule has 0 aliphatic heterocycles. The molecule has 0 saturated heterocycles. The van der Waals surface area contributed by atoms with Crippen LogP contribution in [0.25, 0.3) is 87.0 Å². The molecule has 6 nitrogen and oxygen atoms in total. The van der Waals surface area contributed by atoms with E-state index in [4.69, 9.17) is 25.8 Å². The summed E-state index contributed by atoms with van der Waals surface area (Å²) >= 11 is 0. The van der Waals surface area contributed by atoms with Crippen LogP contribution in [0.3, 0.4) is 0 Å². The zero-order valence-electron chi connectivity index (χ0n) is 32.1. The van der Waals surface area contributed by atoms with Crippen LogP contribution in [0.15, 0.2) is 156 Å². The lowest BCUT2D eigenvalue weighted by Crippen LogP contribution is -1.85. The van der Waals surface area contributed by atoms with E-state index in [9.17, 15) is 0 Å². The second-order valence-corrected chi connectivity index (χ2v) is 16.8. The van der Waals surface area contributed by atoms with E-state index in [0.717, 1.165) is 109 Å². The molecule has 282 valence electrons. The summed E-state index contributed by atoms with van der Waals surface area (Å²) in [6.45, 7) is 8.29. The molecule has 0 aliphatic rings. The Bertz CT molecular complexity index is 3140. The Morgan fingerprint density at radius 3 is 0.931 bits per heavy atom. The number of fused-ring (bicyclic) bond motifs is 14. The maximum absolute atomic E-state index is 6.78. The predicted molar refractivity (Wildman–Crippen MR) is 239 cm³/mol. The molecule has 0 bridgehead atoms. The maximum Gasteiger partial charge on any atom is 0.451 e. The summed E-state index contributed by atoms with van der Waals surface area (Å²) in [7, 11) is -3.97. The van der Waals surface area contributed by atoms with Gasteiger partial charge in [0, 0.05) is 33.0 Å². The molecule has 58 heavy (non-hydrogen) atoms. The first-order chi connectivity index (χ1) is 28.4. The highest BCUT2D eigenvalue weighted by Gasteiger charge is 2.19. The molecule has 0 fully saturated rings. The van der Waals surface area contributed by atoms with Gasteiger partial charge in [-0.3, -0.25) is 0 Å². The van der Waals surface area contributed by atoms with E-state index in [1.165, 1.54) is 0 Å². The lowest BCUT2D eigenvalue weighted by atomic mass is 9.95. The average Bonchev–Trinajstić information content (AvgIpc) is 3.52. The van der Waals surface area contributed by atoms with Gasteiger partial charge in [-0.15, -0.1) is 12.1 Å². The fourth-order valence-corrected chi connectivity index (χ4v) is 10.7. The third-order valence-electron chi connectivity index (χ3n) is 11.0. The smallest absolute Gasteiger partial charge is 0.418 e. The number of rotatable bonds is 4. The average molecular weight is 794 g/mol. The first-order valence-electron chi connectivity index (χ1n) is 19.2. The minimum Gasteiger partial charge on any atom is -0.418 e. The van der Waals surface area contributed by atoms with Crippen molar-refractivity contribution in [2.24, 2.45) is 0 Å². The highest BCUT2D eigenvalue weighted by molar-refractivity contribution is 7.32. The topological polar surface area (TPSA) is 71.0 Å². The van der Waals surface area contributed by atoms with Crippen molar-refractivity contribution in [3.05, 3.63) is 168 Å². The molecule has 11 rings (SSSR count). The molecule has 0 atom stereocenters. The first kappa shape index (κ1) is 34.7. The van der Waals surface area contributed by atoms with Gasteiger partial charge in [-0.25, -0.2) is 0 Å². The Morgan fingerprint density at radius 2 is 0.638 bits per heavy atom. The van der Waals surface area contributed by atoms with Crippen molar-refractivity contribution in [3.63, 3.8) is 0 Å². The third-order valence-corrected chi connectivity index (χ3v) is 13.0. The Kier molecular flexibility index (Phi) is 8.08. The summed E-state index contributed by atoms with van der Waals surface area (Å²) in [5.74, 6) is 0.806. The van der Waals surface area contributed by atoms with Crippen molar-refractivity contribution in [2.75, 3.05) is 0 Å². The van der Waals surface area contributed by atoms with Crippen LogP contribution in [0, 0.1) is 33.8 Å². The third kappa shape index (κ3) is 5.63. The molecule has 0 aliphatic carbocycles. The van der Waals surface area contributed by atoms with Crippen molar-refractivity contribution in [2.45, 2.75) is 27.7 Å². The van der Waals surface area contributed by atoms with Gasteiger partial charge in [-0.2, -0.15) is 6.07 Å². The van der Waals surface area contributed by atoms with Crippen molar-refractivity contribution in [1.82, 2.24) is 0 Å². The molecule has 0 radical (unpaired) electrons. The van der Waals surface area contributed by atoms with Gasteiger partial charge >= 0.3 is 16.5 Å². The highest BCUT2D eigenvalue weighted by atomic mass is 31.1. The van der Waals surface area contributed by atoms with Crippen LogP contribution in [-0.2, 0) is 0 Å². The van der Waals surface area contributed by atoms with Gasteiger partial charge in [-0.1, -0.05) is 103 Å². The van der Waals surface area contributed by atoms with Crippen LogP contribution in [0.4, 0.5) is 0 Å². The van der Waals surface area contributed by atoms with Crippen molar-refractivity contribution in [1.29, 1.82) is 0 Å². The molecular formula is C50H35O6P2-. The quantitative estimate of drug-likeness (QED) is 0.165. The molecular weight excluding hydrogens is 758 g/mol. The second-order valence-electron chi connectivity index (χ2n) is 14.8. The Hall–Kier alpha value is -6.58. The van der Waals surface area contributed by atoms with Gasteiger partial charge in [0.15, 0.2) is 0 Å². The van der Waals surface area contributed by atoms with Crippen LogP contribution in [0.2, 0.25) is 0 Å². The van der Waals surface area contributed by atoms with Crippen LogP contribution in [0.5, 0.6) is 11.5 Å². The van der Waals surface area contributed by atoms with Gasteiger partial charge in [0.25, 0.3) is 0 Å². The molecule has 11 aromatic rings. The van der Waals surface area contributed by atoms with E-state index < -0.39 is 16.5 Å². The predicted octanol–water partition coefficient (Wildman–Crippen LogP) is 16.2. The Balaban J connectivity index is 1.09. The lowest BCUT2D eigenvalue weighted by Gasteiger charge is -2.11. The standard InChI is InChI=1S/C50H35O6P2/c1-29-24-33-14-5-9-20-39(33)43-44-40-21-10-6-15-34(40)25-30(2)48(44)54-57(53-47(29)43)51-37-18-13-19-38(28-37)52-58-55-49-31(3)26-35-16-7-11-22-41(35)45(49)46-42-23-12-8-17-36(42)27-32(4)50(46)56-58/h5-27H,1-4H3/q-1.